The summed E-state index contributed by atoms with van der Waals surface area (Å²) in [7, 11) is -2.04. The third kappa shape index (κ3) is 4.26. The van der Waals surface area contributed by atoms with Gasteiger partial charge < -0.3 is 14.6 Å². The van der Waals surface area contributed by atoms with Gasteiger partial charge in [0.15, 0.2) is 0 Å². The first-order valence-electron chi connectivity index (χ1n) is 9.23. The number of hydrogen-bond donors (Lipinski definition) is 1. The highest BCUT2D eigenvalue weighted by atomic mass is 32.2. The first-order chi connectivity index (χ1) is 13.3. The van der Waals surface area contributed by atoms with Crippen molar-refractivity contribution in [2.24, 2.45) is 0 Å². The summed E-state index contributed by atoms with van der Waals surface area (Å²) in [5.74, 6) is 0.519. The van der Waals surface area contributed by atoms with E-state index in [1.165, 1.54) is 4.31 Å². The predicted octanol–water partition coefficient (Wildman–Crippen LogP) is 1.26. The summed E-state index contributed by atoms with van der Waals surface area (Å²) in [4.78, 5) is 16.8. The van der Waals surface area contributed by atoms with Gasteiger partial charge in [-0.05, 0) is 26.0 Å². The molecule has 0 saturated heterocycles. The maximum absolute atomic E-state index is 13.1. The molecular weight excluding hydrogens is 380 g/mol. The van der Waals surface area contributed by atoms with Crippen LogP contribution in [0, 0.1) is 6.92 Å². The molecule has 0 radical (unpaired) electrons. The van der Waals surface area contributed by atoms with Crippen LogP contribution in [0.5, 0.6) is 0 Å². The van der Waals surface area contributed by atoms with Gasteiger partial charge in [0.05, 0.1) is 29.7 Å². The topological polar surface area (TPSA) is 93.5 Å². The van der Waals surface area contributed by atoms with Crippen LogP contribution in [-0.4, -0.2) is 55.0 Å². The molecule has 1 aliphatic heterocycles. The Morgan fingerprint density at radius 1 is 1.29 bits per heavy atom. The molecule has 9 heteroatoms. The number of amides is 1. The van der Waals surface area contributed by atoms with Crippen LogP contribution in [0.4, 0.5) is 0 Å². The van der Waals surface area contributed by atoms with Crippen LogP contribution < -0.4 is 5.32 Å². The van der Waals surface area contributed by atoms with Gasteiger partial charge in [0.25, 0.3) is 0 Å². The second-order valence-corrected chi connectivity index (χ2v) is 8.80. The summed E-state index contributed by atoms with van der Waals surface area (Å²) < 4.78 is 34.4. The van der Waals surface area contributed by atoms with Crippen LogP contribution in [0.1, 0.15) is 30.0 Å². The normalized spacial score (nSPS) is 17.3. The second-order valence-electron chi connectivity index (χ2n) is 6.91. The van der Waals surface area contributed by atoms with E-state index >= 15 is 0 Å². The van der Waals surface area contributed by atoms with E-state index in [2.05, 4.69) is 10.3 Å². The number of carbonyl (C=O) groups is 1. The average molecular weight is 407 g/mol. The third-order valence-electron chi connectivity index (χ3n) is 4.82. The van der Waals surface area contributed by atoms with Crippen molar-refractivity contribution in [2.45, 2.75) is 37.8 Å². The van der Waals surface area contributed by atoms with Crippen molar-refractivity contribution < 1.29 is 17.9 Å². The molecule has 0 spiro atoms. The Morgan fingerprint density at radius 2 is 2.00 bits per heavy atom. The van der Waals surface area contributed by atoms with Crippen molar-refractivity contribution in [1.29, 1.82) is 0 Å². The van der Waals surface area contributed by atoms with E-state index in [0.717, 1.165) is 5.56 Å². The van der Waals surface area contributed by atoms with Gasteiger partial charge in [0, 0.05) is 32.9 Å². The zero-order valence-electron chi connectivity index (χ0n) is 16.4. The second kappa shape index (κ2) is 8.42. The van der Waals surface area contributed by atoms with Gasteiger partial charge in [0.2, 0.25) is 15.9 Å². The zero-order valence-corrected chi connectivity index (χ0v) is 17.2. The largest absolute Gasteiger partial charge is 0.383 e. The summed E-state index contributed by atoms with van der Waals surface area (Å²) in [6, 6.07) is 6.44. The number of imidazole rings is 1. The fraction of sp³-hybridized carbons (Fsp3) is 0.474. The minimum atomic E-state index is -3.61. The minimum Gasteiger partial charge on any atom is -0.383 e. The van der Waals surface area contributed by atoms with Crippen molar-refractivity contribution in [3.05, 3.63) is 47.5 Å². The zero-order chi connectivity index (χ0) is 20.3. The molecular formula is C19H26N4O4S. The molecule has 0 bridgehead atoms. The Hall–Kier alpha value is -2.23. The molecule has 1 N–H and O–H groups in total. The highest BCUT2D eigenvalue weighted by molar-refractivity contribution is 7.89. The lowest BCUT2D eigenvalue weighted by Crippen LogP contribution is -2.41. The number of benzene rings is 1. The molecule has 0 fully saturated rings. The Bertz CT molecular complexity index is 937. The van der Waals surface area contributed by atoms with Crippen LogP contribution in [-0.2, 0) is 32.5 Å². The van der Waals surface area contributed by atoms with Gasteiger partial charge in [-0.3, -0.25) is 4.79 Å². The summed E-state index contributed by atoms with van der Waals surface area (Å²) in [6.45, 7) is 5.51. The molecule has 1 aliphatic rings. The van der Waals surface area contributed by atoms with Gasteiger partial charge in [-0.25, -0.2) is 13.4 Å². The van der Waals surface area contributed by atoms with Gasteiger partial charge in [0.1, 0.15) is 5.82 Å². The maximum atomic E-state index is 13.1. The number of aryl methyl sites for hydroxylation is 1. The lowest BCUT2D eigenvalue weighted by Gasteiger charge is -2.32. The molecule has 1 amide bonds. The monoisotopic (exact) mass is 406 g/mol. The SMILES string of the molecule is COCCNC(=O)Cc1cn2c(n1)C(C)N(S(=O)(=O)c1ccc(C)cc1)CC2. The van der Waals surface area contributed by atoms with Crippen molar-refractivity contribution in [3.63, 3.8) is 0 Å². The van der Waals surface area contributed by atoms with Crippen molar-refractivity contribution in [3.8, 4) is 0 Å². The Morgan fingerprint density at radius 3 is 2.68 bits per heavy atom. The lowest BCUT2D eigenvalue weighted by atomic mass is 10.2. The molecule has 0 saturated carbocycles. The van der Waals surface area contributed by atoms with Crippen LogP contribution in [0.25, 0.3) is 0 Å². The molecule has 2 aromatic rings. The van der Waals surface area contributed by atoms with E-state index in [1.54, 1.807) is 31.4 Å². The minimum absolute atomic E-state index is 0.135. The van der Waals surface area contributed by atoms with E-state index in [-0.39, 0.29) is 17.2 Å². The standard InChI is InChI=1S/C19H26N4O4S/c1-14-4-6-17(7-5-14)28(25,26)23-10-9-22-13-16(21-19(22)15(23)2)12-18(24)20-8-11-27-3/h4-7,13,15H,8-12H2,1-3H3,(H,20,24). The van der Waals surface area contributed by atoms with E-state index in [9.17, 15) is 13.2 Å². The number of sulfonamides is 1. The summed E-state index contributed by atoms with van der Waals surface area (Å²) >= 11 is 0. The number of ether oxygens (including phenoxy) is 1. The van der Waals surface area contributed by atoms with Crippen molar-refractivity contribution in [2.75, 3.05) is 26.8 Å². The molecule has 28 heavy (non-hydrogen) atoms. The number of aromatic nitrogens is 2. The number of fused-ring (bicyclic) bond motifs is 1. The quantitative estimate of drug-likeness (QED) is 0.699. The lowest BCUT2D eigenvalue weighted by molar-refractivity contribution is -0.120. The molecule has 1 aromatic heterocycles. The first kappa shape index (κ1) is 20.5. The van der Waals surface area contributed by atoms with Gasteiger partial charge in [-0.1, -0.05) is 17.7 Å². The molecule has 8 nitrogen and oxygen atoms in total. The fourth-order valence-electron chi connectivity index (χ4n) is 3.31. The predicted molar refractivity (Wildman–Crippen MR) is 104 cm³/mol. The number of methoxy groups -OCH3 is 1. The van der Waals surface area contributed by atoms with Crippen LogP contribution >= 0.6 is 0 Å². The summed E-state index contributed by atoms with van der Waals surface area (Å²) in [6.07, 6.45) is 1.98. The molecule has 0 aliphatic carbocycles. The van der Waals surface area contributed by atoms with Crippen molar-refractivity contribution in [1.82, 2.24) is 19.2 Å². The molecule has 3 rings (SSSR count). The number of rotatable bonds is 7. The fourth-order valence-corrected chi connectivity index (χ4v) is 4.89. The number of carbonyl (C=O) groups excluding carboxylic acids is 1. The number of nitrogens with one attached hydrogen (secondary N) is 1. The number of nitrogens with zero attached hydrogens (tertiary/aromatic N) is 3. The van der Waals surface area contributed by atoms with Gasteiger partial charge in [-0.15, -0.1) is 0 Å². The number of hydrogen-bond acceptors (Lipinski definition) is 5. The summed E-state index contributed by atoms with van der Waals surface area (Å²) in [5, 5.41) is 2.76. The van der Waals surface area contributed by atoms with Crippen LogP contribution in [0.2, 0.25) is 0 Å². The van der Waals surface area contributed by atoms with E-state index < -0.39 is 16.1 Å². The van der Waals surface area contributed by atoms with E-state index in [4.69, 9.17) is 4.74 Å². The average Bonchev–Trinajstić information content (AvgIpc) is 3.06. The van der Waals surface area contributed by atoms with Gasteiger partial charge >= 0.3 is 0 Å². The highest BCUT2D eigenvalue weighted by Crippen LogP contribution is 2.30. The van der Waals surface area contributed by atoms with Crippen LogP contribution in [0.3, 0.4) is 0 Å². The Kier molecular flexibility index (Phi) is 6.17. The Balaban J connectivity index is 1.76. The molecule has 1 unspecified atom stereocenters. The highest BCUT2D eigenvalue weighted by Gasteiger charge is 2.35. The Labute approximate surface area is 165 Å². The van der Waals surface area contributed by atoms with Gasteiger partial charge in [-0.2, -0.15) is 4.31 Å². The van der Waals surface area contributed by atoms with Crippen molar-refractivity contribution >= 4 is 15.9 Å². The first-order valence-corrected chi connectivity index (χ1v) is 10.7. The molecule has 152 valence electrons. The molecule has 1 atom stereocenters. The van der Waals surface area contributed by atoms with E-state index in [0.29, 0.717) is 37.8 Å². The summed E-state index contributed by atoms with van der Waals surface area (Å²) in [5.41, 5.74) is 1.64. The maximum Gasteiger partial charge on any atom is 0.243 e. The molecule has 2 heterocycles. The van der Waals surface area contributed by atoms with E-state index in [1.807, 2.05) is 24.6 Å². The smallest absolute Gasteiger partial charge is 0.243 e. The third-order valence-corrected chi connectivity index (χ3v) is 6.81. The van der Waals surface area contributed by atoms with Crippen LogP contribution in [0.15, 0.2) is 35.4 Å². The molecule has 1 aromatic carbocycles.